The van der Waals surface area contributed by atoms with Gasteiger partial charge in [-0.1, -0.05) is 18.5 Å². The van der Waals surface area contributed by atoms with Crippen LogP contribution < -0.4 is 5.69 Å². The molecule has 0 radical (unpaired) electrons. The second-order valence-electron chi connectivity index (χ2n) is 5.09. The van der Waals surface area contributed by atoms with Gasteiger partial charge in [-0.3, -0.25) is 13.8 Å². The SMILES string of the molecule is CCc1nn(CC)c(Cn2ccn(C(C)C)c2=O)c1Cl. The summed E-state index contributed by atoms with van der Waals surface area (Å²) in [5.41, 5.74) is 1.77. The highest BCUT2D eigenvalue weighted by atomic mass is 35.5. The summed E-state index contributed by atoms with van der Waals surface area (Å²) in [6.07, 6.45) is 4.41. The smallest absolute Gasteiger partial charge is 0.297 e. The number of aromatic nitrogens is 4. The predicted octanol–water partition coefficient (Wildman–Crippen LogP) is 2.71. The van der Waals surface area contributed by atoms with Crippen LogP contribution >= 0.6 is 11.6 Å². The van der Waals surface area contributed by atoms with E-state index in [1.165, 1.54) is 0 Å². The maximum Gasteiger partial charge on any atom is 0.328 e. The van der Waals surface area contributed by atoms with Gasteiger partial charge in [-0.05, 0) is 27.2 Å². The van der Waals surface area contributed by atoms with E-state index in [0.29, 0.717) is 11.6 Å². The molecule has 0 aliphatic heterocycles. The van der Waals surface area contributed by atoms with Crippen LogP contribution in [0.4, 0.5) is 0 Å². The van der Waals surface area contributed by atoms with Crippen LogP contribution in [0.1, 0.15) is 45.1 Å². The van der Waals surface area contributed by atoms with Gasteiger partial charge in [-0.25, -0.2) is 4.79 Å². The van der Waals surface area contributed by atoms with Crippen molar-refractivity contribution in [3.05, 3.63) is 39.3 Å². The Morgan fingerprint density at radius 3 is 2.50 bits per heavy atom. The molecule has 5 nitrogen and oxygen atoms in total. The van der Waals surface area contributed by atoms with Crippen molar-refractivity contribution in [3.8, 4) is 0 Å². The quantitative estimate of drug-likeness (QED) is 0.851. The van der Waals surface area contributed by atoms with Crippen LogP contribution in [0.15, 0.2) is 17.2 Å². The number of rotatable bonds is 5. The Balaban J connectivity index is 2.40. The molecule has 0 N–H and O–H groups in total. The molecule has 2 aromatic heterocycles. The van der Waals surface area contributed by atoms with Crippen molar-refractivity contribution in [1.29, 1.82) is 0 Å². The molecule has 0 fully saturated rings. The number of aryl methyl sites for hydroxylation is 2. The highest BCUT2D eigenvalue weighted by molar-refractivity contribution is 6.31. The molecule has 0 saturated heterocycles. The van der Waals surface area contributed by atoms with Gasteiger partial charge in [0.25, 0.3) is 0 Å². The van der Waals surface area contributed by atoms with Crippen LogP contribution in [-0.2, 0) is 19.5 Å². The summed E-state index contributed by atoms with van der Waals surface area (Å²) in [5, 5.41) is 5.16. The van der Waals surface area contributed by atoms with Crippen molar-refractivity contribution >= 4 is 11.6 Å². The molecule has 110 valence electrons. The summed E-state index contributed by atoms with van der Waals surface area (Å²) in [5.74, 6) is 0. The fraction of sp³-hybridized carbons (Fsp3) is 0.571. The Bertz CT molecular complexity index is 651. The molecule has 2 rings (SSSR count). The summed E-state index contributed by atoms with van der Waals surface area (Å²) in [4.78, 5) is 12.3. The van der Waals surface area contributed by atoms with Crippen LogP contribution in [0, 0.1) is 0 Å². The highest BCUT2D eigenvalue weighted by Gasteiger charge is 2.16. The van der Waals surface area contributed by atoms with Gasteiger partial charge in [0.2, 0.25) is 0 Å². The topological polar surface area (TPSA) is 44.8 Å². The van der Waals surface area contributed by atoms with E-state index in [-0.39, 0.29) is 11.7 Å². The first-order valence-corrected chi connectivity index (χ1v) is 7.38. The lowest BCUT2D eigenvalue weighted by Gasteiger charge is -2.07. The van der Waals surface area contributed by atoms with Crippen molar-refractivity contribution in [2.75, 3.05) is 0 Å². The second-order valence-corrected chi connectivity index (χ2v) is 5.46. The fourth-order valence-corrected chi connectivity index (χ4v) is 2.60. The molecule has 6 heteroatoms. The van der Waals surface area contributed by atoms with E-state index in [0.717, 1.165) is 24.4 Å². The summed E-state index contributed by atoms with van der Waals surface area (Å²) >= 11 is 6.37. The van der Waals surface area contributed by atoms with Crippen molar-refractivity contribution in [1.82, 2.24) is 18.9 Å². The maximum absolute atomic E-state index is 12.3. The van der Waals surface area contributed by atoms with Crippen molar-refractivity contribution in [3.63, 3.8) is 0 Å². The lowest BCUT2D eigenvalue weighted by atomic mass is 10.3. The minimum atomic E-state index is -0.0158. The lowest BCUT2D eigenvalue weighted by Crippen LogP contribution is -2.26. The van der Waals surface area contributed by atoms with E-state index in [2.05, 4.69) is 5.10 Å². The van der Waals surface area contributed by atoms with Crippen molar-refractivity contribution in [2.24, 2.45) is 0 Å². The number of halogens is 1. The Hall–Kier alpha value is -1.49. The standard InChI is InChI=1S/C14H21ClN4O/c1-5-11-13(15)12(19(6-2)16-11)9-17-7-8-18(10(3)4)14(17)20/h7-8,10H,5-6,9H2,1-4H3. The van der Waals surface area contributed by atoms with Gasteiger partial charge in [0, 0.05) is 25.0 Å². The predicted molar refractivity (Wildman–Crippen MR) is 80.5 cm³/mol. The van der Waals surface area contributed by atoms with E-state index >= 15 is 0 Å². The average Bonchev–Trinajstić information content (AvgIpc) is 2.93. The molecule has 0 saturated carbocycles. The van der Waals surface area contributed by atoms with Crippen LogP contribution in [0.5, 0.6) is 0 Å². The molecular weight excluding hydrogens is 276 g/mol. The molecule has 0 aromatic carbocycles. The van der Waals surface area contributed by atoms with E-state index in [1.807, 2.05) is 38.6 Å². The third-order valence-corrected chi connectivity index (χ3v) is 3.88. The van der Waals surface area contributed by atoms with E-state index in [1.54, 1.807) is 15.3 Å². The molecule has 0 aliphatic rings. The molecule has 0 spiro atoms. The highest BCUT2D eigenvalue weighted by Crippen LogP contribution is 2.22. The third-order valence-electron chi connectivity index (χ3n) is 3.44. The summed E-state index contributed by atoms with van der Waals surface area (Å²) in [7, 11) is 0. The Morgan fingerprint density at radius 1 is 1.30 bits per heavy atom. The second kappa shape index (κ2) is 5.87. The molecule has 0 bridgehead atoms. The first-order valence-electron chi connectivity index (χ1n) is 7.00. The number of hydrogen-bond donors (Lipinski definition) is 0. The van der Waals surface area contributed by atoms with Gasteiger partial charge in [0.05, 0.1) is 23.0 Å². The fourth-order valence-electron chi connectivity index (χ4n) is 2.27. The molecule has 0 amide bonds. The largest absolute Gasteiger partial charge is 0.328 e. The minimum absolute atomic E-state index is 0.0158. The Morgan fingerprint density at radius 2 is 2.00 bits per heavy atom. The van der Waals surface area contributed by atoms with Crippen LogP contribution in [0.3, 0.4) is 0 Å². The minimum Gasteiger partial charge on any atom is -0.297 e. The normalized spacial score (nSPS) is 11.5. The lowest BCUT2D eigenvalue weighted by molar-refractivity contribution is 0.547. The third kappa shape index (κ3) is 2.54. The first-order chi connectivity index (χ1) is 9.49. The van der Waals surface area contributed by atoms with Crippen molar-refractivity contribution in [2.45, 2.75) is 53.2 Å². The number of nitrogens with zero attached hydrogens (tertiary/aromatic N) is 4. The first kappa shape index (κ1) is 14.9. The zero-order valence-corrected chi connectivity index (χ0v) is 13.2. The maximum atomic E-state index is 12.3. The monoisotopic (exact) mass is 296 g/mol. The van der Waals surface area contributed by atoms with Gasteiger partial charge in [0.15, 0.2) is 0 Å². The molecule has 2 aromatic rings. The van der Waals surface area contributed by atoms with Crippen LogP contribution in [-0.4, -0.2) is 18.9 Å². The van der Waals surface area contributed by atoms with Gasteiger partial charge >= 0.3 is 5.69 Å². The Kier molecular flexibility index (Phi) is 4.38. The van der Waals surface area contributed by atoms with Crippen LogP contribution in [0.25, 0.3) is 0 Å². The van der Waals surface area contributed by atoms with Gasteiger partial charge in [-0.2, -0.15) is 5.10 Å². The average molecular weight is 297 g/mol. The molecule has 0 atom stereocenters. The Labute approximate surface area is 123 Å². The summed E-state index contributed by atoms with van der Waals surface area (Å²) in [6, 6.07) is 0.154. The molecule has 20 heavy (non-hydrogen) atoms. The van der Waals surface area contributed by atoms with E-state index < -0.39 is 0 Å². The summed E-state index contributed by atoms with van der Waals surface area (Å²) in [6.45, 7) is 9.23. The zero-order chi connectivity index (χ0) is 14.9. The number of imidazole rings is 1. The number of hydrogen-bond acceptors (Lipinski definition) is 2. The molecular formula is C14H21ClN4O. The summed E-state index contributed by atoms with van der Waals surface area (Å²) < 4.78 is 5.26. The van der Waals surface area contributed by atoms with Gasteiger partial charge in [0.1, 0.15) is 0 Å². The molecule has 0 unspecified atom stereocenters. The van der Waals surface area contributed by atoms with Gasteiger partial charge < -0.3 is 0 Å². The van der Waals surface area contributed by atoms with E-state index in [4.69, 9.17) is 11.6 Å². The molecule has 0 aliphatic carbocycles. The van der Waals surface area contributed by atoms with Gasteiger partial charge in [-0.15, -0.1) is 0 Å². The van der Waals surface area contributed by atoms with Crippen LogP contribution in [0.2, 0.25) is 5.02 Å². The van der Waals surface area contributed by atoms with Crippen molar-refractivity contribution < 1.29 is 0 Å². The molecule has 2 heterocycles. The van der Waals surface area contributed by atoms with E-state index in [9.17, 15) is 4.79 Å². The zero-order valence-electron chi connectivity index (χ0n) is 12.4.